The number of aliphatic carboxylic acids is 1. The van der Waals surface area contributed by atoms with E-state index in [0.717, 1.165) is 17.2 Å². The Kier molecular flexibility index (Phi) is 7.47. The first kappa shape index (κ1) is 24.0. The van der Waals surface area contributed by atoms with Gasteiger partial charge in [0.2, 0.25) is 0 Å². The van der Waals surface area contributed by atoms with Gasteiger partial charge in [-0.25, -0.2) is 9.59 Å². The maximum absolute atomic E-state index is 12.8. The summed E-state index contributed by atoms with van der Waals surface area (Å²) in [6.07, 6.45) is -1.98. The largest absolute Gasteiger partial charge is 0.479 e. The minimum absolute atomic E-state index is 0.0608. The Morgan fingerprint density at radius 1 is 1.09 bits per heavy atom. The molecule has 1 aromatic heterocycles. The van der Waals surface area contributed by atoms with Crippen molar-refractivity contribution < 1.29 is 29.7 Å². The Bertz CT molecular complexity index is 1180. The predicted molar refractivity (Wildman–Crippen MR) is 120 cm³/mol. The number of halogens is 1. The van der Waals surface area contributed by atoms with Gasteiger partial charge in [0.1, 0.15) is 5.69 Å². The molecule has 9 nitrogen and oxygen atoms in total. The number of nitrogens with one attached hydrogen (secondary N) is 1. The zero-order chi connectivity index (χ0) is 24.1. The summed E-state index contributed by atoms with van der Waals surface area (Å²) >= 11 is 6.13. The smallest absolute Gasteiger partial charge is 0.354 e. The van der Waals surface area contributed by atoms with Crippen LogP contribution in [0.4, 0.5) is 0 Å². The predicted octanol–water partition coefficient (Wildman–Crippen LogP) is 2.38. The Morgan fingerprint density at radius 3 is 2.36 bits per heavy atom. The minimum atomic E-state index is -1.92. The van der Waals surface area contributed by atoms with Crippen molar-refractivity contribution in [3.8, 4) is 0 Å². The van der Waals surface area contributed by atoms with Gasteiger partial charge in [0.25, 0.3) is 5.91 Å². The van der Waals surface area contributed by atoms with E-state index in [0.29, 0.717) is 10.6 Å². The van der Waals surface area contributed by atoms with Crippen molar-refractivity contribution in [3.63, 3.8) is 0 Å². The molecule has 3 rings (SSSR count). The third kappa shape index (κ3) is 5.97. The van der Waals surface area contributed by atoms with Gasteiger partial charge in [-0.15, -0.1) is 0 Å². The molecule has 2 atom stereocenters. The fourth-order valence-corrected chi connectivity index (χ4v) is 3.46. The van der Waals surface area contributed by atoms with Crippen molar-refractivity contribution in [3.05, 3.63) is 87.7 Å². The van der Waals surface area contributed by atoms with Gasteiger partial charge in [0, 0.05) is 11.1 Å². The molecule has 0 aliphatic carbocycles. The molecule has 0 aliphatic heterocycles. The van der Waals surface area contributed by atoms with Crippen LogP contribution >= 0.6 is 11.6 Å². The first-order valence-corrected chi connectivity index (χ1v) is 10.4. The summed E-state index contributed by atoms with van der Waals surface area (Å²) in [5.74, 6) is -3.62. The number of aliphatic hydroxyl groups is 1. The van der Waals surface area contributed by atoms with Crippen LogP contribution in [0.25, 0.3) is 0 Å². The lowest BCUT2D eigenvalue weighted by Crippen LogP contribution is -2.48. The van der Waals surface area contributed by atoms with Gasteiger partial charge in [-0.1, -0.05) is 59.6 Å². The first-order chi connectivity index (χ1) is 15.7. The highest BCUT2D eigenvalue weighted by Gasteiger charge is 2.30. The highest BCUT2D eigenvalue weighted by Crippen LogP contribution is 2.18. The number of carboxylic acid groups (broad SMARTS) is 2. The zero-order valence-corrected chi connectivity index (χ0v) is 18.4. The molecule has 4 N–H and O–H groups in total. The van der Waals surface area contributed by atoms with Gasteiger partial charge in [0.05, 0.1) is 12.6 Å². The van der Waals surface area contributed by atoms with Crippen molar-refractivity contribution >= 4 is 29.4 Å². The van der Waals surface area contributed by atoms with Crippen LogP contribution in [-0.4, -0.2) is 55.1 Å². The summed E-state index contributed by atoms with van der Waals surface area (Å²) in [6.45, 7) is 2.05. The molecule has 0 saturated heterocycles. The lowest BCUT2D eigenvalue weighted by atomic mass is 10.0. The summed E-state index contributed by atoms with van der Waals surface area (Å²) in [5, 5.41) is 35.8. The van der Waals surface area contributed by atoms with E-state index in [9.17, 15) is 29.7 Å². The van der Waals surface area contributed by atoms with Crippen LogP contribution in [0.2, 0.25) is 5.02 Å². The van der Waals surface area contributed by atoms with Crippen molar-refractivity contribution in [1.82, 2.24) is 15.1 Å². The molecule has 0 saturated carbocycles. The molecule has 10 heteroatoms. The number of carboxylic acids is 2. The Labute approximate surface area is 194 Å². The van der Waals surface area contributed by atoms with Crippen LogP contribution in [0.5, 0.6) is 0 Å². The molecule has 0 bridgehead atoms. The second-order valence-corrected chi connectivity index (χ2v) is 7.93. The minimum Gasteiger partial charge on any atom is -0.479 e. The number of amides is 1. The van der Waals surface area contributed by atoms with Gasteiger partial charge < -0.3 is 20.6 Å². The van der Waals surface area contributed by atoms with E-state index >= 15 is 0 Å². The van der Waals surface area contributed by atoms with Crippen molar-refractivity contribution in [2.75, 3.05) is 0 Å². The number of aliphatic hydroxyl groups excluding tert-OH is 1. The van der Waals surface area contributed by atoms with Crippen molar-refractivity contribution in [1.29, 1.82) is 0 Å². The molecule has 2 aromatic carbocycles. The second-order valence-electron chi connectivity index (χ2n) is 7.52. The van der Waals surface area contributed by atoms with Gasteiger partial charge >= 0.3 is 11.9 Å². The van der Waals surface area contributed by atoms with E-state index in [1.807, 2.05) is 31.2 Å². The van der Waals surface area contributed by atoms with Gasteiger partial charge in [-0.05, 0) is 30.5 Å². The van der Waals surface area contributed by atoms with Gasteiger partial charge in [0.15, 0.2) is 11.8 Å². The number of carbonyl (C=O) groups is 3. The maximum atomic E-state index is 12.8. The molecule has 0 spiro atoms. The Balaban J connectivity index is 1.85. The topological polar surface area (TPSA) is 142 Å². The summed E-state index contributed by atoms with van der Waals surface area (Å²) in [6, 6.07) is 13.9. The molecule has 0 unspecified atom stereocenters. The third-order valence-electron chi connectivity index (χ3n) is 5.03. The fraction of sp³-hybridized carbons (Fsp3) is 0.217. The molecule has 3 aromatic rings. The molecule has 0 radical (unpaired) electrons. The van der Waals surface area contributed by atoms with E-state index in [2.05, 4.69) is 10.4 Å². The van der Waals surface area contributed by atoms with Crippen LogP contribution < -0.4 is 5.32 Å². The van der Waals surface area contributed by atoms with Crippen LogP contribution in [0.3, 0.4) is 0 Å². The quantitative estimate of drug-likeness (QED) is 0.375. The summed E-state index contributed by atoms with van der Waals surface area (Å²) < 4.78 is 1.18. The van der Waals surface area contributed by atoms with Crippen molar-refractivity contribution in [2.45, 2.75) is 32.0 Å². The highest BCUT2D eigenvalue weighted by atomic mass is 35.5. The standard InChI is InChI=1S/C23H22ClN3O6/c1-13-6-8-14(9-7-13)12-27-19(22(30)31)11-18(26-27)21(29)25-17(20(28)23(32)33)10-15-4-2-3-5-16(15)24/h2-9,11,17,20,28H,10,12H2,1H3,(H,25,29)(H,30,31)(H,32,33)/t17-,20-/m1/s1. The molecule has 1 amide bonds. The van der Waals surface area contributed by atoms with Crippen molar-refractivity contribution in [2.24, 2.45) is 0 Å². The molecule has 1 heterocycles. The average molecular weight is 472 g/mol. The third-order valence-corrected chi connectivity index (χ3v) is 5.40. The van der Waals surface area contributed by atoms with Crippen LogP contribution in [0.1, 0.15) is 37.7 Å². The number of benzene rings is 2. The molecule has 33 heavy (non-hydrogen) atoms. The van der Waals surface area contributed by atoms with E-state index in [1.165, 1.54) is 4.68 Å². The summed E-state index contributed by atoms with van der Waals surface area (Å²) in [5.41, 5.74) is 1.93. The number of aryl methyl sites for hydroxylation is 1. The second kappa shape index (κ2) is 10.3. The Morgan fingerprint density at radius 2 is 1.76 bits per heavy atom. The van der Waals surface area contributed by atoms with Crippen LogP contribution in [0, 0.1) is 6.92 Å². The van der Waals surface area contributed by atoms with E-state index in [1.54, 1.807) is 24.3 Å². The summed E-state index contributed by atoms with van der Waals surface area (Å²) in [4.78, 5) is 35.9. The van der Waals surface area contributed by atoms with E-state index in [-0.39, 0.29) is 24.4 Å². The first-order valence-electron chi connectivity index (χ1n) is 9.97. The molecular weight excluding hydrogens is 450 g/mol. The maximum Gasteiger partial charge on any atom is 0.354 e. The van der Waals surface area contributed by atoms with Gasteiger partial charge in [-0.3, -0.25) is 9.48 Å². The molecule has 172 valence electrons. The fourth-order valence-electron chi connectivity index (χ4n) is 3.24. The van der Waals surface area contributed by atoms with E-state index in [4.69, 9.17) is 11.6 Å². The number of nitrogens with zero attached hydrogens (tertiary/aromatic N) is 2. The number of hydrogen-bond donors (Lipinski definition) is 4. The highest BCUT2D eigenvalue weighted by molar-refractivity contribution is 6.31. The number of rotatable bonds is 9. The summed E-state index contributed by atoms with van der Waals surface area (Å²) in [7, 11) is 0. The normalized spacial score (nSPS) is 12.7. The molecule has 0 fully saturated rings. The SMILES string of the molecule is Cc1ccc(Cn2nc(C(=O)N[C@H](Cc3ccccc3Cl)[C@@H](O)C(=O)O)cc2C(=O)O)cc1. The molecule has 0 aliphatic rings. The Hall–Kier alpha value is -3.69. The number of carbonyl (C=O) groups excluding carboxylic acids is 1. The monoisotopic (exact) mass is 471 g/mol. The number of aromatic carboxylic acids is 1. The van der Waals surface area contributed by atoms with Crippen LogP contribution in [-0.2, 0) is 17.8 Å². The van der Waals surface area contributed by atoms with Crippen LogP contribution in [0.15, 0.2) is 54.6 Å². The van der Waals surface area contributed by atoms with Gasteiger partial charge in [-0.2, -0.15) is 5.10 Å². The average Bonchev–Trinajstić information content (AvgIpc) is 3.20. The lowest BCUT2D eigenvalue weighted by Gasteiger charge is -2.21. The molecular formula is C23H22ClN3O6. The number of hydrogen-bond acceptors (Lipinski definition) is 5. The van der Waals surface area contributed by atoms with E-state index < -0.39 is 30.0 Å². The number of aromatic nitrogens is 2. The lowest BCUT2D eigenvalue weighted by molar-refractivity contribution is -0.148. The zero-order valence-electron chi connectivity index (χ0n) is 17.6.